The van der Waals surface area contributed by atoms with Crippen LogP contribution in [0.4, 0.5) is 0 Å². The van der Waals surface area contributed by atoms with Gasteiger partial charge in [0.25, 0.3) is 5.91 Å². The number of fused-ring (bicyclic) bond motifs is 2. The second-order valence-electron chi connectivity index (χ2n) is 6.49. The number of rotatable bonds is 2. The molecular weight excluding hydrogens is 358 g/mol. The third-order valence-electron chi connectivity index (χ3n) is 5.20. The Morgan fingerprint density at radius 3 is 2.88 bits per heavy atom. The van der Waals surface area contributed by atoms with E-state index in [0.717, 1.165) is 25.9 Å². The summed E-state index contributed by atoms with van der Waals surface area (Å²) in [5.74, 6) is 0.511. The molecule has 6 heteroatoms. The van der Waals surface area contributed by atoms with Gasteiger partial charge in [0.2, 0.25) is 0 Å². The number of likely N-dealkylation sites (tertiary alicyclic amines) is 1. The standard InChI is InChI=1S/C19H20ClNO3S/c1-23-16-12-13(20)2-3-14(16)18(22)21-8-6-19(7-9-21)15-5-11-25-17(15)4-10-24-19/h2-3,5,11-12H,4,6-10H2,1H3. The Kier molecular flexibility index (Phi) is 4.48. The molecule has 2 aromatic rings. The van der Waals surface area contributed by atoms with Gasteiger partial charge in [-0.3, -0.25) is 4.79 Å². The van der Waals surface area contributed by atoms with Crippen LogP contribution in [0.2, 0.25) is 5.02 Å². The summed E-state index contributed by atoms with van der Waals surface area (Å²) in [5.41, 5.74) is 1.68. The zero-order chi connectivity index (χ0) is 17.4. The second-order valence-corrected chi connectivity index (χ2v) is 7.92. The van der Waals surface area contributed by atoms with Crippen molar-refractivity contribution in [2.75, 3.05) is 26.8 Å². The van der Waals surface area contributed by atoms with Crippen LogP contribution in [0.3, 0.4) is 0 Å². The van der Waals surface area contributed by atoms with Crippen LogP contribution in [0, 0.1) is 0 Å². The predicted octanol–water partition coefficient (Wildman–Crippen LogP) is 4.11. The van der Waals surface area contributed by atoms with Gasteiger partial charge in [-0.2, -0.15) is 0 Å². The molecule has 4 nitrogen and oxygen atoms in total. The molecule has 1 aromatic carbocycles. The summed E-state index contributed by atoms with van der Waals surface area (Å²) in [7, 11) is 1.56. The average molecular weight is 378 g/mol. The number of benzene rings is 1. The number of nitrogens with zero attached hydrogens (tertiary/aromatic N) is 1. The number of carbonyl (C=O) groups is 1. The SMILES string of the molecule is COc1cc(Cl)ccc1C(=O)N1CCC2(CC1)OCCc1sccc12. The highest BCUT2D eigenvalue weighted by atomic mass is 35.5. The summed E-state index contributed by atoms with van der Waals surface area (Å²) in [6.45, 7) is 2.13. The topological polar surface area (TPSA) is 38.8 Å². The first-order chi connectivity index (χ1) is 12.1. The molecule has 1 fully saturated rings. The fourth-order valence-corrected chi connectivity index (χ4v) is 4.97. The predicted molar refractivity (Wildman–Crippen MR) is 98.8 cm³/mol. The van der Waals surface area contributed by atoms with E-state index in [-0.39, 0.29) is 11.5 Å². The monoisotopic (exact) mass is 377 g/mol. The number of carbonyl (C=O) groups excluding carboxylic acids is 1. The Balaban J connectivity index is 1.52. The Morgan fingerprint density at radius 1 is 1.32 bits per heavy atom. The van der Waals surface area contributed by atoms with Gasteiger partial charge in [0.15, 0.2) is 0 Å². The molecule has 0 radical (unpaired) electrons. The Labute approximate surface area is 156 Å². The smallest absolute Gasteiger partial charge is 0.257 e. The highest BCUT2D eigenvalue weighted by Crippen LogP contribution is 2.43. The van der Waals surface area contributed by atoms with Gasteiger partial charge < -0.3 is 14.4 Å². The molecule has 1 saturated heterocycles. The lowest BCUT2D eigenvalue weighted by Gasteiger charge is -2.44. The Bertz CT molecular complexity index is 796. The van der Waals surface area contributed by atoms with Crippen LogP contribution in [0.5, 0.6) is 5.75 Å². The lowest BCUT2D eigenvalue weighted by Crippen LogP contribution is -2.48. The van der Waals surface area contributed by atoms with Gasteiger partial charge in [0.05, 0.1) is 24.9 Å². The third-order valence-corrected chi connectivity index (χ3v) is 6.41. The van der Waals surface area contributed by atoms with Crippen molar-refractivity contribution in [2.24, 2.45) is 0 Å². The largest absolute Gasteiger partial charge is 0.496 e. The van der Waals surface area contributed by atoms with Crippen molar-refractivity contribution < 1.29 is 14.3 Å². The van der Waals surface area contributed by atoms with Gasteiger partial charge in [-0.1, -0.05) is 11.6 Å². The molecule has 0 unspecified atom stereocenters. The van der Waals surface area contributed by atoms with E-state index >= 15 is 0 Å². The van der Waals surface area contributed by atoms with E-state index in [2.05, 4.69) is 11.4 Å². The van der Waals surface area contributed by atoms with Crippen molar-refractivity contribution in [1.29, 1.82) is 0 Å². The summed E-state index contributed by atoms with van der Waals surface area (Å²) >= 11 is 7.81. The third kappa shape index (κ3) is 2.94. The van der Waals surface area contributed by atoms with Gasteiger partial charge >= 0.3 is 0 Å². The maximum atomic E-state index is 12.9. The van der Waals surface area contributed by atoms with E-state index in [0.29, 0.717) is 29.4 Å². The fraction of sp³-hybridized carbons (Fsp3) is 0.421. The number of hydrogen-bond donors (Lipinski definition) is 0. The maximum Gasteiger partial charge on any atom is 0.257 e. The van der Waals surface area contributed by atoms with Crippen LogP contribution < -0.4 is 4.74 Å². The summed E-state index contributed by atoms with van der Waals surface area (Å²) in [5, 5.41) is 2.71. The van der Waals surface area contributed by atoms with Crippen molar-refractivity contribution in [1.82, 2.24) is 4.90 Å². The lowest BCUT2D eigenvalue weighted by molar-refractivity contribution is -0.0926. The minimum Gasteiger partial charge on any atom is -0.496 e. The van der Waals surface area contributed by atoms with Crippen LogP contribution in [-0.2, 0) is 16.8 Å². The normalized spacial score (nSPS) is 18.9. The van der Waals surface area contributed by atoms with E-state index in [9.17, 15) is 4.79 Å². The van der Waals surface area contributed by atoms with Crippen molar-refractivity contribution in [3.05, 3.63) is 50.7 Å². The fourth-order valence-electron chi connectivity index (χ4n) is 3.85. The number of amides is 1. The minimum absolute atomic E-state index is 0.00952. The summed E-state index contributed by atoms with van der Waals surface area (Å²) in [6, 6.07) is 7.34. The van der Waals surface area contributed by atoms with Crippen molar-refractivity contribution >= 4 is 28.8 Å². The molecule has 0 aliphatic carbocycles. The molecule has 2 aliphatic heterocycles. The van der Waals surface area contributed by atoms with E-state index in [4.69, 9.17) is 21.1 Å². The average Bonchev–Trinajstić information content (AvgIpc) is 3.12. The summed E-state index contributed by atoms with van der Waals surface area (Å²) in [4.78, 5) is 16.2. The molecule has 3 heterocycles. The van der Waals surface area contributed by atoms with E-state index in [1.54, 1.807) is 25.3 Å². The van der Waals surface area contributed by atoms with Crippen LogP contribution in [-0.4, -0.2) is 37.6 Å². The molecule has 25 heavy (non-hydrogen) atoms. The number of hydrogen-bond acceptors (Lipinski definition) is 4. The van der Waals surface area contributed by atoms with Gasteiger partial charge in [-0.05, 0) is 48.1 Å². The molecule has 4 rings (SSSR count). The van der Waals surface area contributed by atoms with Crippen LogP contribution in [0.25, 0.3) is 0 Å². The Hall–Kier alpha value is -1.56. The van der Waals surface area contributed by atoms with E-state index in [1.807, 2.05) is 16.2 Å². The van der Waals surface area contributed by atoms with Gasteiger partial charge in [-0.15, -0.1) is 11.3 Å². The number of ether oxygens (including phenoxy) is 2. The van der Waals surface area contributed by atoms with Crippen LogP contribution in [0.1, 0.15) is 33.6 Å². The number of halogens is 1. The molecule has 1 amide bonds. The van der Waals surface area contributed by atoms with Crippen molar-refractivity contribution in [2.45, 2.75) is 24.9 Å². The van der Waals surface area contributed by atoms with Crippen molar-refractivity contribution in [3.63, 3.8) is 0 Å². The first-order valence-corrected chi connectivity index (χ1v) is 9.72. The molecule has 2 aliphatic rings. The quantitative estimate of drug-likeness (QED) is 0.790. The van der Waals surface area contributed by atoms with Crippen LogP contribution in [0.15, 0.2) is 29.6 Å². The van der Waals surface area contributed by atoms with Crippen molar-refractivity contribution in [3.8, 4) is 5.75 Å². The first kappa shape index (κ1) is 16.9. The zero-order valence-electron chi connectivity index (χ0n) is 14.1. The molecule has 0 atom stereocenters. The lowest BCUT2D eigenvalue weighted by atomic mass is 9.82. The molecule has 0 N–H and O–H groups in total. The molecule has 1 aromatic heterocycles. The number of thiophene rings is 1. The van der Waals surface area contributed by atoms with Gasteiger partial charge in [0, 0.05) is 29.4 Å². The molecule has 0 bridgehead atoms. The maximum absolute atomic E-state index is 12.9. The second kappa shape index (κ2) is 6.63. The molecule has 0 saturated carbocycles. The molecular formula is C19H20ClNO3S. The van der Waals surface area contributed by atoms with E-state index in [1.165, 1.54) is 10.4 Å². The number of piperidine rings is 1. The van der Waals surface area contributed by atoms with E-state index < -0.39 is 0 Å². The highest BCUT2D eigenvalue weighted by molar-refractivity contribution is 7.10. The highest BCUT2D eigenvalue weighted by Gasteiger charge is 2.42. The first-order valence-electron chi connectivity index (χ1n) is 8.46. The molecule has 1 spiro atoms. The Morgan fingerprint density at radius 2 is 2.12 bits per heavy atom. The van der Waals surface area contributed by atoms with Gasteiger partial charge in [0.1, 0.15) is 5.75 Å². The summed E-state index contributed by atoms with van der Waals surface area (Å²) < 4.78 is 11.5. The zero-order valence-corrected chi connectivity index (χ0v) is 15.7. The minimum atomic E-state index is -0.214. The van der Waals surface area contributed by atoms with Gasteiger partial charge in [-0.25, -0.2) is 0 Å². The molecule has 132 valence electrons. The summed E-state index contributed by atoms with van der Waals surface area (Å²) in [6.07, 6.45) is 2.66. The number of methoxy groups -OCH3 is 1. The van der Waals surface area contributed by atoms with Crippen LogP contribution >= 0.6 is 22.9 Å².